The van der Waals surface area contributed by atoms with Crippen molar-refractivity contribution in [2.75, 3.05) is 6.61 Å². The molecule has 148 valence electrons. The molecule has 0 spiro atoms. The maximum absolute atomic E-state index is 13.5. The number of carbonyl (C=O) groups excluding carboxylic acids is 1. The first-order valence-electron chi connectivity index (χ1n) is 10.2. The molecule has 2 bridgehead atoms. The summed E-state index contributed by atoms with van der Waals surface area (Å²) in [5.74, 6) is 0.277. The normalized spacial score (nSPS) is 28.2. The molecular formula is C22H22N4O3. The van der Waals surface area contributed by atoms with Crippen LogP contribution >= 0.6 is 0 Å². The zero-order valence-electron chi connectivity index (χ0n) is 16.3. The lowest BCUT2D eigenvalue weighted by atomic mass is 9.62. The van der Waals surface area contributed by atoms with Crippen LogP contribution in [0, 0.1) is 0 Å². The van der Waals surface area contributed by atoms with Crippen LogP contribution in [0.15, 0.2) is 35.1 Å². The van der Waals surface area contributed by atoms with Gasteiger partial charge < -0.3 is 14.6 Å². The molecule has 7 heteroatoms. The van der Waals surface area contributed by atoms with Gasteiger partial charge in [0, 0.05) is 36.0 Å². The third-order valence-electron chi connectivity index (χ3n) is 6.47. The molecule has 7 rings (SSSR count). The Morgan fingerprint density at radius 3 is 2.90 bits per heavy atom. The van der Waals surface area contributed by atoms with Crippen molar-refractivity contribution in [3.8, 4) is 11.3 Å². The molecule has 29 heavy (non-hydrogen) atoms. The van der Waals surface area contributed by atoms with E-state index in [-0.39, 0.29) is 17.0 Å². The van der Waals surface area contributed by atoms with E-state index < -0.39 is 0 Å². The number of aromatic nitrogens is 3. The van der Waals surface area contributed by atoms with Gasteiger partial charge in [-0.2, -0.15) is 0 Å². The highest BCUT2D eigenvalue weighted by Crippen LogP contribution is 2.50. The van der Waals surface area contributed by atoms with Gasteiger partial charge in [0.05, 0.1) is 27.9 Å². The Morgan fingerprint density at radius 2 is 2.17 bits per heavy atom. The second-order valence-electron chi connectivity index (χ2n) is 8.96. The molecule has 0 unspecified atom stereocenters. The Balaban J connectivity index is 1.43. The van der Waals surface area contributed by atoms with Crippen molar-refractivity contribution in [1.29, 1.82) is 0 Å². The number of amides is 1. The number of hydrogen-bond donors (Lipinski definition) is 1. The van der Waals surface area contributed by atoms with Crippen molar-refractivity contribution in [3.63, 3.8) is 0 Å². The van der Waals surface area contributed by atoms with E-state index in [1.54, 1.807) is 12.4 Å². The highest BCUT2D eigenvalue weighted by Gasteiger charge is 2.56. The minimum Gasteiger partial charge on any atom is -0.375 e. The van der Waals surface area contributed by atoms with E-state index in [0.29, 0.717) is 29.5 Å². The number of ether oxygens (including phenoxy) is 1. The number of carbonyl (C=O) groups is 1. The Labute approximate surface area is 167 Å². The molecule has 1 N–H and O–H groups in total. The van der Waals surface area contributed by atoms with Crippen LogP contribution in [0.5, 0.6) is 0 Å². The standard InChI is InChI=1S/C22H22N4O3/c1-21-11-22(12-21,6-8-28-21)25-19(27)15-9-16(14-3-2-7-23-10-14)24-20-17(15)18(26-29-20)13-4-5-13/h2-3,7,9-10,13H,4-6,8,11-12H2,1H3,(H,25,27). The lowest BCUT2D eigenvalue weighted by Gasteiger charge is -2.58. The Morgan fingerprint density at radius 1 is 1.31 bits per heavy atom. The lowest BCUT2D eigenvalue weighted by Crippen LogP contribution is -2.68. The fourth-order valence-electron chi connectivity index (χ4n) is 5.06. The van der Waals surface area contributed by atoms with Crippen molar-refractivity contribution in [2.24, 2.45) is 0 Å². The van der Waals surface area contributed by atoms with E-state index in [1.807, 2.05) is 18.2 Å². The first-order chi connectivity index (χ1) is 14.0. The minimum absolute atomic E-state index is 0.0865. The molecule has 3 aromatic heterocycles. The van der Waals surface area contributed by atoms with Crippen LogP contribution in [-0.2, 0) is 4.74 Å². The molecule has 0 atom stereocenters. The fourth-order valence-corrected chi connectivity index (χ4v) is 5.06. The first kappa shape index (κ1) is 17.1. The summed E-state index contributed by atoms with van der Waals surface area (Å²) >= 11 is 0. The zero-order valence-corrected chi connectivity index (χ0v) is 16.3. The molecule has 2 saturated carbocycles. The van der Waals surface area contributed by atoms with Crippen LogP contribution < -0.4 is 5.32 Å². The van der Waals surface area contributed by atoms with Gasteiger partial charge in [-0.25, -0.2) is 4.98 Å². The molecule has 3 aromatic rings. The largest absolute Gasteiger partial charge is 0.375 e. The van der Waals surface area contributed by atoms with Crippen LogP contribution in [0.4, 0.5) is 0 Å². The SMILES string of the molecule is CC12CC(NC(=O)c3cc(-c4cccnc4)nc4onc(C5CC5)c34)(CCO1)C2. The highest BCUT2D eigenvalue weighted by atomic mass is 16.5. The van der Waals surface area contributed by atoms with Gasteiger partial charge >= 0.3 is 0 Å². The summed E-state index contributed by atoms with van der Waals surface area (Å²) in [5.41, 5.74) is 3.10. The number of nitrogens with one attached hydrogen (secondary N) is 1. The van der Waals surface area contributed by atoms with Crippen molar-refractivity contribution >= 4 is 17.0 Å². The topological polar surface area (TPSA) is 90.1 Å². The summed E-state index contributed by atoms with van der Waals surface area (Å²) in [5, 5.41) is 8.34. The minimum atomic E-state index is -0.176. The average molecular weight is 390 g/mol. The van der Waals surface area contributed by atoms with Crippen LogP contribution in [-0.4, -0.2) is 38.8 Å². The third kappa shape index (κ3) is 2.75. The molecule has 2 aliphatic carbocycles. The Hall–Kier alpha value is -2.80. The summed E-state index contributed by atoms with van der Waals surface area (Å²) in [7, 11) is 0. The second-order valence-corrected chi connectivity index (χ2v) is 8.96. The summed E-state index contributed by atoms with van der Waals surface area (Å²) in [4.78, 5) is 22.3. The predicted molar refractivity (Wildman–Crippen MR) is 105 cm³/mol. The Kier molecular flexibility index (Phi) is 3.45. The van der Waals surface area contributed by atoms with Gasteiger partial charge in [0.1, 0.15) is 0 Å². The van der Waals surface area contributed by atoms with Crippen molar-refractivity contribution in [2.45, 2.75) is 56.1 Å². The van der Waals surface area contributed by atoms with E-state index in [1.165, 1.54) is 0 Å². The molecule has 2 saturated heterocycles. The quantitative estimate of drug-likeness (QED) is 0.732. The van der Waals surface area contributed by atoms with Crippen LogP contribution in [0.2, 0.25) is 0 Å². The van der Waals surface area contributed by atoms with Gasteiger partial charge in [-0.3, -0.25) is 9.78 Å². The lowest BCUT2D eigenvalue weighted by molar-refractivity contribution is -0.183. The summed E-state index contributed by atoms with van der Waals surface area (Å²) in [6.07, 6.45) is 8.16. The van der Waals surface area contributed by atoms with E-state index in [4.69, 9.17) is 9.26 Å². The number of nitrogens with zero attached hydrogens (tertiary/aromatic N) is 3. The summed E-state index contributed by atoms with van der Waals surface area (Å²) in [6, 6.07) is 5.63. The van der Waals surface area contributed by atoms with Crippen LogP contribution in [0.3, 0.4) is 0 Å². The molecule has 4 aliphatic rings. The summed E-state index contributed by atoms with van der Waals surface area (Å²) < 4.78 is 11.4. The summed E-state index contributed by atoms with van der Waals surface area (Å²) in [6.45, 7) is 2.80. The van der Waals surface area contributed by atoms with E-state index >= 15 is 0 Å². The van der Waals surface area contributed by atoms with Crippen LogP contribution in [0.1, 0.15) is 61.0 Å². The average Bonchev–Trinajstić information content (AvgIpc) is 3.46. The number of hydrogen-bond acceptors (Lipinski definition) is 6. The smallest absolute Gasteiger partial charge is 0.259 e. The molecular weight excluding hydrogens is 368 g/mol. The highest BCUT2D eigenvalue weighted by molar-refractivity contribution is 6.07. The maximum atomic E-state index is 13.5. The molecule has 4 fully saturated rings. The predicted octanol–water partition coefficient (Wildman–Crippen LogP) is 3.60. The van der Waals surface area contributed by atoms with E-state index in [9.17, 15) is 4.79 Å². The van der Waals surface area contributed by atoms with Crippen molar-refractivity contribution < 1.29 is 14.1 Å². The first-order valence-corrected chi connectivity index (χ1v) is 10.2. The molecule has 1 amide bonds. The molecule has 0 radical (unpaired) electrons. The molecule has 5 heterocycles. The molecule has 7 nitrogen and oxygen atoms in total. The monoisotopic (exact) mass is 390 g/mol. The number of fused-ring (bicyclic) bond motifs is 3. The van der Waals surface area contributed by atoms with Crippen LogP contribution in [0.25, 0.3) is 22.4 Å². The van der Waals surface area contributed by atoms with Gasteiger partial charge in [0.15, 0.2) is 0 Å². The van der Waals surface area contributed by atoms with Gasteiger partial charge in [-0.1, -0.05) is 5.16 Å². The third-order valence-corrected chi connectivity index (χ3v) is 6.47. The zero-order chi connectivity index (χ0) is 19.6. The van der Waals surface area contributed by atoms with Crippen molar-refractivity contribution in [3.05, 3.63) is 41.9 Å². The Bertz CT molecular complexity index is 1110. The van der Waals surface area contributed by atoms with Gasteiger partial charge in [0.2, 0.25) is 0 Å². The van der Waals surface area contributed by atoms with Gasteiger partial charge in [-0.15, -0.1) is 0 Å². The van der Waals surface area contributed by atoms with E-state index in [0.717, 1.165) is 48.7 Å². The van der Waals surface area contributed by atoms with Gasteiger partial charge in [0.25, 0.3) is 11.6 Å². The maximum Gasteiger partial charge on any atom is 0.259 e. The number of pyridine rings is 2. The van der Waals surface area contributed by atoms with Gasteiger partial charge in [-0.05, 0) is 57.2 Å². The number of rotatable bonds is 4. The van der Waals surface area contributed by atoms with Crippen molar-refractivity contribution in [1.82, 2.24) is 20.4 Å². The van der Waals surface area contributed by atoms with E-state index in [2.05, 4.69) is 27.4 Å². The fraction of sp³-hybridized carbons (Fsp3) is 0.455. The molecule has 0 aromatic carbocycles. The second kappa shape index (κ2) is 5.86. The molecule has 2 aliphatic heterocycles.